The van der Waals surface area contributed by atoms with Crippen molar-refractivity contribution >= 4 is 54.7 Å². The van der Waals surface area contributed by atoms with Crippen molar-refractivity contribution in [1.29, 1.82) is 0 Å². The number of ether oxygens (including phenoxy) is 2. The van der Waals surface area contributed by atoms with Crippen LogP contribution < -0.4 is 0 Å². The van der Waals surface area contributed by atoms with Gasteiger partial charge >= 0.3 is 12.2 Å². The molecule has 3 aliphatic rings. The molecule has 4 atom stereocenters. The second kappa shape index (κ2) is 12.3. The molecular formula is C42H46N6O4S. The van der Waals surface area contributed by atoms with Crippen LogP contribution in [0.15, 0.2) is 60.8 Å². The number of thiophene rings is 1. The minimum atomic E-state index is -0.544. The number of hydrogen-bond acceptors (Lipinski definition) is 7. The van der Waals surface area contributed by atoms with Crippen molar-refractivity contribution in [2.24, 2.45) is 5.92 Å². The molecule has 10 nitrogen and oxygen atoms in total. The Morgan fingerprint density at radius 1 is 0.792 bits per heavy atom. The molecule has 1 aliphatic carbocycles. The predicted molar refractivity (Wildman–Crippen MR) is 209 cm³/mol. The molecule has 3 fully saturated rings. The third-order valence-electron chi connectivity index (χ3n) is 10.9. The SMILES string of the molecule is CC(C)(C)OC(=O)N1CCCC1c1ncc(-c2ccc3c(c2)sc2cc(-c4ccc5nc(C6C7CCC(C7)N6C(=O)OC(C)(C)C)[nH]c5c4)ccc23)[nH]1. The van der Waals surface area contributed by atoms with Gasteiger partial charge in [0.05, 0.1) is 35.0 Å². The van der Waals surface area contributed by atoms with Crippen LogP contribution in [0.5, 0.6) is 0 Å². The lowest BCUT2D eigenvalue weighted by Gasteiger charge is -2.35. The van der Waals surface area contributed by atoms with Crippen LogP contribution in [0.2, 0.25) is 0 Å². The zero-order chi connectivity index (χ0) is 36.8. The highest BCUT2D eigenvalue weighted by Crippen LogP contribution is 2.50. The summed E-state index contributed by atoms with van der Waals surface area (Å²) in [6, 6.07) is 19.6. The van der Waals surface area contributed by atoms with Gasteiger partial charge in [0.2, 0.25) is 0 Å². The van der Waals surface area contributed by atoms with Crippen LogP contribution in [-0.4, -0.2) is 65.7 Å². The van der Waals surface area contributed by atoms with E-state index >= 15 is 0 Å². The van der Waals surface area contributed by atoms with Crippen LogP contribution in [-0.2, 0) is 9.47 Å². The van der Waals surface area contributed by atoms with Crippen LogP contribution in [0.25, 0.3) is 53.6 Å². The van der Waals surface area contributed by atoms with Gasteiger partial charge in [-0.1, -0.05) is 30.3 Å². The zero-order valence-corrected chi connectivity index (χ0v) is 32.0. The Morgan fingerprint density at radius 2 is 1.47 bits per heavy atom. The van der Waals surface area contributed by atoms with Crippen molar-refractivity contribution in [3.05, 3.63) is 72.4 Å². The highest BCUT2D eigenvalue weighted by atomic mass is 32.1. The minimum Gasteiger partial charge on any atom is -0.444 e. The van der Waals surface area contributed by atoms with Gasteiger partial charge in [-0.3, -0.25) is 9.80 Å². The number of carbonyl (C=O) groups excluding carboxylic acids is 2. The first kappa shape index (κ1) is 33.9. The van der Waals surface area contributed by atoms with E-state index in [0.29, 0.717) is 12.5 Å². The van der Waals surface area contributed by atoms with Crippen LogP contribution in [0.4, 0.5) is 9.59 Å². The molecule has 11 heteroatoms. The lowest BCUT2D eigenvalue weighted by Crippen LogP contribution is -2.43. The summed E-state index contributed by atoms with van der Waals surface area (Å²) in [6.07, 6.45) is 6.23. The first-order valence-corrected chi connectivity index (χ1v) is 19.6. The fourth-order valence-electron chi connectivity index (χ4n) is 8.63. The number of piperidine rings is 1. The fraction of sp³-hybridized carbons (Fsp3) is 0.429. The maximum absolute atomic E-state index is 13.3. The summed E-state index contributed by atoms with van der Waals surface area (Å²) in [4.78, 5) is 46.8. The molecule has 0 radical (unpaired) electrons. The van der Waals surface area contributed by atoms with E-state index in [1.807, 2.05) is 52.6 Å². The maximum atomic E-state index is 13.3. The van der Waals surface area contributed by atoms with Crippen molar-refractivity contribution in [3.8, 4) is 22.4 Å². The summed E-state index contributed by atoms with van der Waals surface area (Å²) in [5.41, 5.74) is 5.03. The summed E-state index contributed by atoms with van der Waals surface area (Å²) in [5.74, 6) is 2.03. The average Bonchev–Trinajstić information content (AvgIpc) is 3.95. The molecule has 4 unspecified atom stereocenters. The number of nitrogens with zero attached hydrogens (tertiary/aromatic N) is 4. The monoisotopic (exact) mass is 730 g/mol. The Kier molecular flexibility index (Phi) is 7.89. The van der Waals surface area contributed by atoms with Gasteiger partial charge in [0.1, 0.15) is 22.9 Å². The van der Waals surface area contributed by atoms with Gasteiger partial charge in [0.15, 0.2) is 0 Å². The normalized spacial score (nSPS) is 21.8. The van der Waals surface area contributed by atoms with Crippen molar-refractivity contribution in [2.75, 3.05) is 6.54 Å². The lowest BCUT2D eigenvalue weighted by molar-refractivity contribution is 0.00616. The van der Waals surface area contributed by atoms with E-state index in [4.69, 9.17) is 19.4 Å². The summed E-state index contributed by atoms with van der Waals surface area (Å²) in [5, 5.41) is 2.45. The molecule has 2 amide bonds. The van der Waals surface area contributed by atoms with Gasteiger partial charge in [-0.05, 0) is 115 Å². The molecule has 0 spiro atoms. The van der Waals surface area contributed by atoms with Gasteiger partial charge in [-0.15, -0.1) is 11.3 Å². The second-order valence-corrected chi connectivity index (χ2v) is 18.0. The highest BCUT2D eigenvalue weighted by Gasteiger charge is 2.51. The first-order chi connectivity index (χ1) is 25.3. The summed E-state index contributed by atoms with van der Waals surface area (Å²) in [6.45, 7) is 12.1. The van der Waals surface area contributed by atoms with Crippen LogP contribution in [0.3, 0.4) is 0 Å². The molecular weight excluding hydrogens is 685 g/mol. The largest absolute Gasteiger partial charge is 0.444 e. The smallest absolute Gasteiger partial charge is 0.411 e. The quantitative estimate of drug-likeness (QED) is 0.186. The Hall–Kier alpha value is -4.90. The third kappa shape index (κ3) is 6.22. The lowest BCUT2D eigenvalue weighted by atomic mass is 9.98. The maximum Gasteiger partial charge on any atom is 0.411 e. The predicted octanol–water partition coefficient (Wildman–Crippen LogP) is 10.5. The Bertz CT molecular complexity index is 2400. The number of rotatable bonds is 4. The van der Waals surface area contributed by atoms with Gasteiger partial charge in [0, 0.05) is 38.3 Å². The number of amides is 2. The van der Waals surface area contributed by atoms with Gasteiger partial charge in [-0.2, -0.15) is 0 Å². The number of benzene rings is 3. The van der Waals surface area contributed by atoms with Crippen molar-refractivity contribution in [2.45, 2.75) is 103 Å². The van der Waals surface area contributed by atoms with Gasteiger partial charge in [-0.25, -0.2) is 19.6 Å². The minimum absolute atomic E-state index is 0.0952. The Morgan fingerprint density at radius 3 is 2.23 bits per heavy atom. The van der Waals surface area contributed by atoms with Gasteiger partial charge < -0.3 is 19.4 Å². The molecule has 9 rings (SSSR count). The van der Waals surface area contributed by atoms with Gasteiger partial charge in [0.25, 0.3) is 0 Å². The highest BCUT2D eigenvalue weighted by molar-refractivity contribution is 7.25. The van der Waals surface area contributed by atoms with Crippen molar-refractivity contribution in [1.82, 2.24) is 29.7 Å². The Balaban J connectivity index is 0.969. The molecule has 2 saturated heterocycles. The molecule has 1 saturated carbocycles. The first-order valence-electron chi connectivity index (χ1n) is 18.8. The molecule has 6 aromatic rings. The number of H-pyrrole nitrogens is 2. The summed E-state index contributed by atoms with van der Waals surface area (Å²) in [7, 11) is 0. The van der Waals surface area contributed by atoms with E-state index in [0.717, 1.165) is 77.2 Å². The zero-order valence-electron chi connectivity index (χ0n) is 31.2. The fourth-order valence-corrected chi connectivity index (χ4v) is 9.82. The number of nitrogens with one attached hydrogen (secondary N) is 2. The number of likely N-dealkylation sites (tertiary alicyclic amines) is 2. The third-order valence-corrected chi connectivity index (χ3v) is 12.0. The average molecular weight is 731 g/mol. The van der Waals surface area contributed by atoms with Crippen LogP contribution in [0, 0.1) is 5.92 Å². The molecule has 274 valence electrons. The summed E-state index contributed by atoms with van der Waals surface area (Å²) >= 11 is 1.79. The molecule has 53 heavy (non-hydrogen) atoms. The van der Waals surface area contributed by atoms with Crippen LogP contribution in [0.1, 0.15) is 97.4 Å². The van der Waals surface area contributed by atoms with E-state index in [9.17, 15) is 9.59 Å². The number of imidazole rings is 2. The number of carbonyl (C=O) groups is 2. The summed E-state index contributed by atoms with van der Waals surface area (Å²) < 4.78 is 13.9. The number of aromatic amines is 2. The van der Waals surface area contributed by atoms with E-state index in [-0.39, 0.29) is 30.3 Å². The molecule has 2 N–H and O–H groups in total. The number of hydrogen-bond donors (Lipinski definition) is 2. The second-order valence-electron chi connectivity index (χ2n) is 17.0. The number of aromatic nitrogens is 4. The topological polar surface area (TPSA) is 116 Å². The van der Waals surface area contributed by atoms with E-state index in [2.05, 4.69) is 64.6 Å². The standard InChI is InChI=1S/C42H46N6O4S/c1-41(2,3)51-39(49)47-17-7-8-33(47)37-43-22-32(46-37)25-11-15-29-28-14-10-24(20-34(28)53-35(29)21-25)23-12-16-30-31(19-23)45-38(44-30)36-26-9-13-27(18-26)48(36)40(50)52-42(4,5)6/h10-12,14-16,19-22,26-27,33,36H,7-9,13,17-18H2,1-6H3,(H,43,46)(H,44,45). The van der Waals surface area contributed by atoms with Crippen molar-refractivity contribution in [3.63, 3.8) is 0 Å². The molecule has 3 aromatic heterocycles. The number of fused-ring (bicyclic) bond motifs is 6. The van der Waals surface area contributed by atoms with Crippen LogP contribution >= 0.6 is 11.3 Å². The molecule has 5 heterocycles. The van der Waals surface area contributed by atoms with E-state index in [1.165, 1.54) is 20.2 Å². The Labute approximate surface area is 312 Å². The van der Waals surface area contributed by atoms with Crippen molar-refractivity contribution < 1.29 is 19.1 Å². The van der Waals surface area contributed by atoms with E-state index in [1.54, 1.807) is 16.2 Å². The molecule has 2 aliphatic heterocycles. The molecule has 3 aromatic carbocycles. The molecule has 2 bridgehead atoms. The van der Waals surface area contributed by atoms with E-state index < -0.39 is 11.2 Å².